The van der Waals surface area contributed by atoms with Crippen LogP contribution in [0, 0.1) is 23.7 Å². The number of nitrogens with one attached hydrogen (secondary N) is 1. The molecule has 1 heterocycles. The number of nitrogens with zero attached hydrogens (tertiary/aromatic N) is 1. The second-order valence-corrected chi connectivity index (χ2v) is 7.25. The van der Waals surface area contributed by atoms with E-state index in [0.29, 0.717) is 17.7 Å². The van der Waals surface area contributed by atoms with Gasteiger partial charge in [0.05, 0.1) is 0 Å². The van der Waals surface area contributed by atoms with Crippen LogP contribution in [0.1, 0.15) is 51.4 Å². The molecule has 0 aromatic carbocycles. The molecule has 1 amide bonds. The first-order valence-electron chi connectivity index (χ1n) is 8.73. The van der Waals surface area contributed by atoms with Crippen molar-refractivity contribution in [2.45, 2.75) is 51.4 Å². The summed E-state index contributed by atoms with van der Waals surface area (Å²) in [6.45, 7) is 3.06. The number of carbonyl (C=O) groups excluding carboxylic acids is 1. The van der Waals surface area contributed by atoms with Gasteiger partial charge in [0.15, 0.2) is 0 Å². The third kappa shape index (κ3) is 4.13. The van der Waals surface area contributed by atoms with Gasteiger partial charge in [0.1, 0.15) is 0 Å². The molecule has 21 heavy (non-hydrogen) atoms. The van der Waals surface area contributed by atoms with Crippen LogP contribution in [0.5, 0.6) is 0 Å². The summed E-state index contributed by atoms with van der Waals surface area (Å²) < 4.78 is 0. The molecule has 3 atom stereocenters. The van der Waals surface area contributed by atoms with Crippen LogP contribution in [0.25, 0.3) is 0 Å². The van der Waals surface area contributed by atoms with Gasteiger partial charge in [0, 0.05) is 19.0 Å². The van der Waals surface area contributed by atoms with E-state index in [1.807, 2.05) is 7.05 Å². The SMILES string of the molecule is CNCC1CCCN(C(=O)C2CC2C2CCCCC2)C1.Cl. The summed E-state index contributed by atoms with van der Waals surface area (Å²) >= 11 is 0. The van der Waals surface area contributed by atoms with E-state index >= 15 is 0 Å². The smallest absolute Gasteiger partial charge is 0.225 e. The van der Waals surface area contributed by atoms with Crippen molar-refractivity contribution in [3.8, 4) is 0 Å². The average Bonchev–Trinajstić information content (AvgIpc) is 3.29. The maximum absolute atomic E-state index is 12.7. The Labute approximate surface area is 135 Å². The van der Waals surface area contributed by atoms with E-state index in [1.165, 1.54) is 51.4 Å². The predicted molar refractivity (Wildman–Crippen MR) is 88.7 cm³/mol. The monoisotopic (exact) mass is 314 g/mol. The Morgan fingerprint density at radius 3 is 2.62 bits per heavy atom. The number of carbonyl (C=O) groups is 1. The van der Waals surface area contributed by atoms with Gasteiger partial charge in [-0.15, -0.1) is 12.4 Å². The Kier molecular flexibility index (Phi) is 6.36. The molecule has 1 N–H and O–H groups in total. The summed E-state index contributed by atoms with van der Waals surface area (Å²) in [5.74, 6) is 3.17. The van der Waals surface area contributed by atoms with Gasteiger partial charge >= 0.3 is 0 Å². The van der Waals surface area contributed by atoms with Gasteiger partial charge in [-0.3, -0.25) is 4.79 Å². The summed E-state index contributed by atoms with van der Waals surface area (Å²) in [4.78, 5) is 14.8. The number of amides is 1. The van der Waals surface area contributed by atoms with Gasteiger partial charge < -0.3 is 10.2 Å². The molecular weight excluding hydrogens is 284 g/mol. The lowest BCUT2D eigenvalue weighted by molar-refractivity contribution is -0.134. The number of rotatable bonds is 4. The summed E-state index contributed by atoms with van der Waals surface area (Å²) in [7, 11) is 2.01. The number of hydrogen-bond donors (Lipinski definition) is 1. The number of hydrogen-bond acceptors (Lipinski definition) is 2. The minimum Gasteiger partial charge on any atom is -0.342 e. The number of halogens is 1. The average molecular weight is 315 g/mol. The van der Waals surface area contributed by atoms with E-state index in [9.17, 15) is 4.79 Å². The summed E-state index contributed by atoms with van der Waals surface area (Å²) in [6, 6.07) is 0. The molecule has 3 fully saturated rings. The highest BCUT2D eigenvalue weighted by atomic mass is 35.5. The topological polar surface area (TPSA) is 32.3 Å². The molecule has 0 spiro atoms. The molecule has 3 unspecified atom stereocenters. The van der Waals surface area contributed by atoms with Gasteiger partial charge in [-0.05, 0) is 50.6 Å². The molecule has 1 aliphatic heterocycles. The third-order valence-corrected chi connectivity index (χ3v) is 5.74. The zero-order valence-corrected chi connectivity index (χ0v) is 14.2. The summed E-state index contributed by atoms with van der Waals surface area (Å²) in [6.07, 6.45) is 10.6. The van der Waals surface area contributed by atoms with Crippen molar-refractivity contribution in [3.05, 3.63) is 0 Å². The minimum atomic E-state index is 0. The van der Waals surface area contributed by atoms with Crippen molar-refractivity contribution in [2.24, 2.45) is 23.7 Å². The van der Waals surface area contributed by atoms with Crippen molar-refractivity contribution in [3.63, 3.8) is 0 Å². The van der Waals surface area contributed by atoms with Crippen LogP contribution in [-0.4, -0.2) is 37.5 Å². The van der Waals surface area contributed by atoms with Crippen LogP contribution in [0.2, 0.25) is 0 Å². The molecule has 2 aliphatic carbocycles. The standard InChI is InChI=1S/C17H30N2O.ClH/c1-18-11-13-6-5-9-19(12-13)17(20)16-10-15(16)14-7-3-2-4-8-14;/h13-16,18H,2-12H2,1H3;1H. The van der Waals surface area contributed by atoms with Crippen molar-refractivity contribution in [1.82, 2.24) is 10.2 Å². The lowest BCUT2D eigenvalue weighted by Crippen LogP contribution is -2.43. The van der Waals surface area contributed by atoms with Crippen LogP contribution in [0.4, 0.5) is 0 Å². The first kappa shape index (κ1) is 17.1. The second-order valence-electron chi connectivity index (χ2n) is 7.25. The molecule has 0 radical (unpaired) electrons. The van der Waals surface area contributed by atoms with E-state index in [-0.39, 0.29) is 12.4 Å². The zero-order chi connectivity index (χ0) is 13.9. The van der Waals surface area contributed by atoms with E-state index in [0.717, 1.165) is 31.5 Å². The molecule has 0 aromatic heterocycles. The lowest BCUT2D eigenvalue weighted by atomic mass is 9.85. The van der Waals surface area contributed by atoms with Crippen molar-refractivity contribution in [1.29, 1.82) is 0 Å². The van der Waals surface area contributed by atoms with Gasteiger partial charge in [-0.25, -0.2) is 0 Å². The molecule has 0 aromatic rings. The fourth-order valence-electron chi connectivity index (χ4n) is 4.54. The predicted octanol–water partition coefficient (Wildman–Crippen LogP) is 3.08. The van der Waals surface area contributed by atoms with Crippen LogP contribution < -0.4 is 5.32 Å². The molecule has 3 rings (SSSR count). The third-order valence-electron chi connectivity index (χ3n) is 5.74. The van der Waals surface area contributed by atoms with Crippen LogP contribution in [-0.2, 0) is 4.79 Å². The van der Waals surface area contributed by atoms with Gasteiger partial charge in [-0.2, -0.15) is 0 Å². The molecule has 2 saturated carbocycles. The van der Waals surface area contributed by atoms with Crippen LogP contribution in [0.15, 0.2) is 0 Å². The Balaban J connectivity index is 0.00000161. The molecule has 122 valence electrons. The quantitative estimate of drug-likeness (QED) is 0.865. The highest BCUT2D eigenvalue weighted by Crippen LogP contribution is 2.50. The molecule has 3 nitrogen and oxygen atoms in total. The van der Waals surface area contributed by atoms with Gasteiger partial charge in [0.2, 0.25) is 5.91 Å². The largest absolute Gasteiger partial charge is 0.342 e. The number of piperidine rings is 1. The highest BCUT2D eigenvalue weighted by molar-refractivity contribution is 5.85. The van der Waals surface area contributed by atoms with E-state index in [2.05, 4.69) is 10.2 Å². The van der Waals surface area contributed by atoms with E-state index in [1.54, 1.807) is 0 Å². The van der Waals surface area contributed by atoms with Crippen molar-refractivity contribution in [2.75, 3.05) is 26.7 Å². The summed E-state index contributed by atoms with van der Waals surface area (Å²) in [5.41, 5.74) is 0. The summed E-state index contributed by atoms with van der Waals surface area (Å²) in [5, 5.41) is 3.26. The molecule has 3 aliphatic rings. The lowest BCUT2D eigenvalue weighted by Gasteiger charge is -2.33. The Morgan fingerprint density at radius 1 is 1.14 bits per heavy atom. The minimum absolute atomic E-state index is 0. The molecule has 4 heteroatoms. The Morgan fingerprint density at radius 2 is 1.90 bits per heavy atom. The Bertz CT molecular complexity index is 342. The normalized spacial score (nSPS) is 33.4. The maximum Gasteiger partial charge on any atom is 0.225 e. The van der Waals surface area contributed by atoms with Crippen LogP contribution in [0.3, 0.4) is 0 Å². The van der Waals surface area contributed by atoms with Crippen molar-refractivity contribution < 1.29 is 4.79 Å². The van der Waals surface area contributed by atoms with Crippen molar-refractivity contribution >= 4 is 18.3 Å². The number of likely N-dealkylation sites (tertiary alicyclic amines) is 1. The zero-order valence-electron chi connectivity index (χ0n) is 13.4. The van der Waals surface area contributed by atoms with Gasteiger partial charge in [0.25, 0.3) is 0 Å². The van der Waals surface area contributed by atoms with Gasteiger partial charge in [-0.1, -0.05) is 32.1 Å². The fraction of sp³-hybridized carbons (Fsp3) is 0.941. The molecule has 1 saturated heterocycles. The fourth-order valence-corrected chi connectivity index (χ4v) is 4.54. The highest BCUT2D eigenvalue weighted by Gasteiger charge is 2.49. The van der Waals surface area contributed by atoms with Crippen LogP contribution >= 0.6 is 12.4 Å². The molecular formula is C17H31ClN2O. The molecule has 0 bridgehead atoms. The van der Waals surface area contributed by atoms with E-state index < -0.39 is 0 Å². The second kappa shape index (κ2) is 7.82. The first-order valence-corrected chi connectivity index (χ1v) is 8.73. The maximum atomic E-state index is 12.7. The van der Waals surface area contributed by atoms with E-state index in [4.69, 9.17) is 0 Å². The first-order chi connectivity index (χ1) is 9.79. The Hall–Kier alpha value is -0.280.